The molecule has 0 aliphatic rings. The van der Waals surface area contributed by atoms with Gasteiger partial charge in [-0.2, -0.15) is 0 Å². The molecular weight excluding hydrogens is 427 g/mol. The first-order valence-electron chi connectivity index (χ1n) is 8.13. The topological polar surface area (TPSA) is 84.9 Å². The number of hydrogen-bond donors (Lipinski definition) is 1. The van der Waals surface area contributed by atoms with Crippen LogP contribution in [0.2, 0.25) is 10.0 Å². The molecule has 0 fully saturated rings. The Morgan fingerprint density at radius 1 is 1.07 bits per heavy atom. The quantitative estimate of drug-likeness (QED) is 0.693. The lowest BCUT2D eigenvalue weighted by atomic mass is 10.1. The number of nitrogens with one attached hydrogen (secondary N) is 1. The molecule has 0 radical (unpaired) electrons. The minimum absolute atomic E-state index is 0.0863. The van der Waals surface area contributed by atoms with Crippen LogP contribution >= 0.6 is 23.2 Å². The average molecular weight is 447 g/mol. The Balaban J connectivity index is 2.56. The summed E-state index contributed by atoms with van der Waals surface area (Å²) < 4.78 is 36.3. The number of hydrogen-bond acceptors (Lipinski definition) is 5. The van der Waals surface area contributed by atoms with Gasteiger partial charge in [0.2, 0.25) is 10.0 Å². The maximum Gasteiger partial charge on any atom is 0.257 e. The van der Waals surface area contributed by atoms with Gasteiger partial charge in [-0.05, 0) is 31.2 Å². The summed E-state index contributed by atoms with van der Waals surface area (Å²) >= 11 is 11.9. The summed E-state index contributed by atoms with van der Waals surface area (Å²) in [6.45, 7) is 1.52. The highest BCUT2D eigenvalue weighted by molar-refractivity contribution is 7.92. The van der Waals surface area contributed by atoms with Gasteiger partial charge in [-0.3, -0.25) is 9.10 Å². The number of carbonyl (C=O) groups is 1. The molecular formula is C18H20Cl2N2O5S. The summed E-state index contributed by atoms with van der Waals surface area (Å²) in [5.74, 6) is -0.104. The summed E-state index contributed by atoms with van der Waals surface area (Å²) in [5, 5.41) is 3.30. The van der Waals surface area contributed by atoms with Gasteiger partial charge in [-0.15, -0.1) is 0 Å². The lowest BCUT2D eigenvalue weighted by Crippen LogP contribution is -2.30. The number of sulfonamides is 1. The number of benzene rings is 2. The van der Waals surface area contributed by atoms with Gasteiger partial charge in [-0.25, -0.2) is 8.42 Å². The first-order valence-corrected chi connectivity index (χ1v) is 10.5. The van der Waals surface area contributed by atoms with E-state index in [4.69, 9.17) is 32.7 Å². The van der Waals surface area contributed by atoms with Crippen LogP contribution in [0.25, 0.3) is 0 Å². The van der Waals surface area contributed by atoms with Crippen LogP contribution in [0.15, 0.2) is 30.3 Å². The van der Waals surface area contributed by atoms with E-state index in [1.54, 1.807) is 12.1 Å². The highest BCUT2D eigenvalue weighted by Crippen LogP contribution is 2.36. The molecule has 2 aromatic carbocycles. The molecule has 1 amide bonds. The van der Waals surface area contributed by atoms with E-state index in [2.05, 4.69) is 5.32 Å². The molecule has 10 heteroatoms. The molecule has 0 saturated heterocycles. The van der Waals surface area contributed by atoms with Gasteiger partial charge in [0.25, 0.3) is 5.91 Å². The van der Waals surface area contributed by atoms with E-state index in [9.17, 15) is 13.2 Å². The molecule has 7 nitrogen and oxygen atoms in total. The van der Waals surface area contributed by atoms with Gasteiger partial charge >= 0.3 is 0 Å². The van der Waals surface area contributed by atoms with Gasteiger partial charge in [0.1, 0.15) is 0 Å². The Bertz CT molecular complexity index is 996. The summed E-state index contributed by atoms with van der Waals surface area (Å²) in [7, 11) is 0.596. The molecule has 0 saturated carbocycles. The number of ether oxygens (including phenoxy) is 2. The Hall–Kier alpha value is -2.16. The largest absolute Gasteiger partial charge is 0.493 e. The molecule has 0 spiro atoms. The first-order chi connectivity index (χ1) is 13.1. The van der Waals surface area contributed by atoms with Crippen molar-refractivity contribution in [3.8, 4) is 11.5 Å². The van der Waals surface area contributed by atoms with Crippen LogP contribution in [-0.2, 0) is 10.0 Å². The first kappa shape index (κ1) is 22.1. The summed E-state index contributed by atoms with van der Waals surface area (Å²) in [5.41, 5.74) is 0.640. The smallest absolute Gasteiger partial charge is 0.257 e. The van der Waals surface area contributed by atoms with Crippen molar-refractivity contribution in [3.63, 3.8) is 0 Å². The minimum atomic E-state index is -3.62. The van der Waals surface area contributed by atoms with E-state index >= 15 is 0 Å². The van der Waals surface area contributed by atoms with Gasteiger partial charge in [0.05, 0.1) is 41.3 Å². The normalized spacial score (nSPS) is 11.1. The molecule has 0 bridgehead atoms. The van der Waals surface area contributed by atoms with Crippen LogP contribution in [0.1, 0.15) is 17.3 Å². The zero-order chi connectivity index (χ0) is 21.1. The third-order valence-electron chi connectivity index (χ3n) is 4.05. The molecule has 0 aliphatic carbocycles. The molecule has 152 valence electrons. The second kappa shape index (κ2) is 8.89. The number of amides is 1. The third-order valence-corrected chi connectivity index (χ3v) is 6.55. The van der Waals surface area contributed by atoms with Crippen molar-refractivity contribution >= 4 is 50.5 Å². The highest BCUT2D eigenvalue weighted by atomic mass is 35.5. The van der Waals surface area contributed by atoms with Gasteiger partial charge in [0, 0.05) is 18.8 Å². The van der Waals surface area contributed by atoms with Crippen LogP contribution in [0.5, 0.6) is 11.5 Å². The van der Waals surface area contributed by atoms with Crippen LogP contribution in [-0.4, -0.2) is 41.3 Å². The molecule has 0 aliphatic heterocycles. The number of nitrogens with zero attached hydrogens (tertiary/aromatic N) is 1. The van der Waals surface area contributed by atoms with Crippen LogP contribution in [0, 0.1) is 0 Å². The fraction of sp³-hybridized carbons (Fsp3) is 0.278. The molecule has 0 atom stereocenters. The summed E-state index contributed by atoms with van der Waals surface area (Å²) in [4.78, 5) is 12.9. The maximum atomic E-state index is 12.9. The van der Waals surface area contributed by atoms with Crippen LogP contribution in [0.3, 0.4) is 0 Å². The summed E-state index contributed by atoms with van der Waals surface area (Å²) in [6, 6.07) is 7.48. The summed E-state index contributed by atoms with van der Waals surface area (Å²) in [6.07, 6.45) is 0. The van der Waals surface area contributed by atoms with Crippen molar-refractivity contribution in [2.45, 2.75) is 6.92 Å². The van der Waals surface area contributed by atoms with Crippen molar-refractivity contribution < 1.29 is 22.7 Å². The number of halogens is 2. The van der Waals surface area contributed by atoms with Crippen LogP contribution in [0.4, 0.5) is 11.4 Å². The Kier molecular flexibility index (Phi) is 7.03. The fourth-order valence-electron chi connectivity index (χ4n) is 2.43. The van der Waals surface area contributed by atoms with Crippen molar-refractivity contribution in [3.05, 3.63) is 45.9 Å². The second-order valence-electron chi connectivity index (χ2n) is 5.68. The number of anilines is 2. The zero-order valence-electron chi connectivity index (χ0n) is 15.7. The Morgan fingerprint density at radius 2 is 1.68 bits per heavy atom. The molecule has 1 N–H and O–H groups in total. The average Bonchev–Trinajstić information content (AvgIpc) is 2.68. The van der Waals surface area contributed by atoms with E-state index < -0.39 is 15.9 Å². The van der Waals surface area contributed by atoms with Gasteiger partial charge < -0.3 is 14.8 Å². The molecule has 0 aromatic heterocycles. The van der Waals surface area contributed by atoms with E-state index in [-0.39, 0.29) is 27.8 Å². The van der Waals surface area contributed by atoms with E-state index in [0.29, 0.717) is 16.5 Å². The molecule has 0 unspecified atom stereocenters. The van der Waals surface area contributed by atoms with Crippen molar-refractivity contribution in [2.75, 3.05) is 36.6 Å². The van der Waals surface area contributed by atoms with Gasteiger partial charge in [0.15, 0.2) is 11.5 Å². The Labute approximate surface area is 174 Å². The third kappa shape index (κ3) is 4.63. The monoisotopic (exact) mass is 446 g/mol. The van der Waals surface area contributed by atoms with Crippen molar-refractivity contribution in [2.24, 2.45) is 0 Å². The van der Waals surface area contributed by atoms with E-state index in [1.165, 1.54) is 46.4 Å². The molecule has 2 aromatic rings. The Morgan fingerprint density at radius 3 is 2.21 bits per heavy atom. The van der Waals surface area contributed by atoms with E-state index in [0.717, 1.165) is 4.31 Å². The maximum absolute atomic E-state index is 12.9. The van der Waals surface area contributed by atoms with Gasteiger partial charge in [-0.1, -0.05) is 23.2 Å². The van der Waals surface area contributed by atoms with Crippen molar-refractivity contribution in [1.29, 1.82) is 0 Å². The number of rotatable bonds is 7. The fourth-order valence-corrected chi connectivity index (χ4v) is 3.56. The highest BCUT2D eigenvalue weighted by Gasteiger charge is 2.25. The predicted molar refractivity (Wildman–Crippen MR) is 112 cm³/mol. The second-order valence-corrected chi connectivity index (χ2v) is 8.78. The SMILES string of the molecule is CCS(=O)(=O)N(C)c1cc(OC)c(OC)cc1C(=O)Nc1ccc(Cl)c(Cl)c1. The minimum Gasteiger partial charge on any atom is -0.493 e. The standard InChI is InChI=1S/C18H20Cl2N2O5S/c1-5-28(24,25)22(2)15-10-17(27-4)16(26-3)9-12(15)18(23)21-11-6-7-13(19)14(20)8-11/h6-10H,5H2,1-4H3,(H,21,23). The number of carbonyl (C=O) groups excluding carboxylic acids is 1. The van der Waals surface area contributed by atoms with Crippen LogP contribution < -0.4 is 19.1 Å². The van der Waals surface area contributed by atoms with Crippen molar-refractivity contribution in [1.82, 2.24) is 0 Å². The molecule has 2 rings (SSSR count). The lowest BCUT2D eigenvalue weighted by molar-refractivity contribution is 0.102. The number of methoxy groups -OCH3 is 2. The lowest BCUT2D eigenvalue weighted by Gasteiger charge is -2.23. The molecule has 0 heterocycles. The molecule has 28 heavy (non-hydrogen) atoms. The predicted octanol–water partition coefficient (Wildman–Crippen LogP) is 4.05. The zero-order valence-corrected chi connectivity index (χ0v) is 18.1. The van der Waals surface area contributed by atoms with E-state index in [1.807, 2.05) is 0 Å².